The van der Waals surface area contributed by atoms with Crippen LogP contribution < -0.4 is 5.32 Å². The second-order valence-electron chi connectivity index (χ2n) is 3.24. The van der Waals surface area contributed by atoms with E-state index < -0.39 is 6.09 Å². The Morgan fingerprint density at radius 3 is 3.07 bits per heavy atom. The Bertz CT molecular complexity index is 354. The van der Waals surface area contributed by atoms with Gasteiger partial charge in [0.25, 0.3) is 0 Å². The molecule has 1 atom stereocenters. The Labute approximate surface area is 80.9 Å². The molecule has 0 radical (unpaired) electrons. The molecule has 0 bridgehead atoms. The maximum Gasteiger partial charge on any atom is 0.407 e. The molecule has 0 aliphatic carbocycles. The summed E-state index contributed by atoms with van der Waals surface area (Å²) in [6.45, 7) is 0.495. The summed E-state index contributed by atoms with van der Waals surface area (Å²) in [7, 11) is 0. The minimum atomic E-state index is -0.397. The number of carbonyl (C=O) groups is 1. The number of ether oxygens (including phenoxy) is 1. The first-order valence-electron chi connectivity index (χ1n) is 4.43. The molecule has 1 N–H and O–H groups in total. The zero-order chi connectivity index (χ0) is 9.97. The number of hydrogen-bond donors (Lipinski definition) is 1. The lowest BCUT2D eigenvalue weighted by atomic mass is 10.1. The molecule has 1 aromatic rings. The van der Waals surface area contributed by atoms with Crippen LogP contribution in [-0.4, -0.2) is 18.7 Å². The average molecular weight is 195 g/mol. The van der Waals surface area contributed by atoms with Crippen LogP contribution in [0.5, 0.6) is 0 Å². The van der Waals surface area contributed by atoms with Crippen molar-refractivity contribution in [1.29, 1.82) is 0 Å². The van der Waals surface area contributed by atoms with Gasteiger partial charge in [-0.25, -0.2) is 9.18 Å². The van der Waals surface area contributed by atoms with Crippen LogP contribution in [0.1, 0.15) is 5.56 Å². The predicted molar refractivity (Wildman–Crippen MR) is 48.4 cm³/mol. The number of amides is 1. The lowest BCUT2D eigenvalue weighted by Crippen LogP contribution is -2.16. The van der Waals surface area contributed by atoms with Crippen LogP contribution in [-0.2, 0) is 11.2 Å². The van der Waals surface area contributed by atoms with Crippen molar-refractivity contribution in [3.05, 3.63) is 35.6 Å². The fourth-order valence-corrected chi connectivity index (χ4v) is 1.47. The highest BCUT2D eigenvalue weighted by atomic mass is 19.1. The number of cyclic esters (lactones) is 1. The van der Waals surface area contributed by atoms with Crippen molar-refractivity contribution in [2.24, 2.45) is 0 Å². The Morgan fingerprint density at radius 1 is 1.57 bits per heavy atom. The minimum absolute atomic E-state index is 0.177. The lowest BCUT2D eigenvalue weighted by Gasteiger charge is -2.06. The Hall–Kier alpha value is -1.58. The molecule has 3 nitrogen and oxygen atoms in total. The topological polar surface area (TPSA) is 38.3 Å². The van der Waals surface area contributed by atoms with Crippen molar-refractivity contribution >= 4 is 6.09 Å². The van der Waals surface area contributed by atoms with Gasteiger partial charge in [-0.1, -0.05) is 12.1 Å². The van der Waals surface area contributed by atoms with Gasteiger partial charge in [-0.15, -0.1) is 0 Å². The smallest absolute Gasteiger partial charge is 0.407 e. The number of benzene rings is 1. The van der Waals surface area contributed by atoms with E-state index in [4.69, 9.17) is 4.74 Å². The summed E-state index contributed by atoms with van der Waals surface area (Å²) in [6, 6.07) is 6.30. The first kappa shape index (κ1) is 8.99. The summed E-state index contributed by atoms with van der Waals surface area (Å²) in [5.41, 5.74) is 0.839. The van der Waals surface area contributed by atoms with Gasteiger partial charge in [0, 0.05) is 6.42 Å². The third kappa shape index (κ3) is 2.02. The van der Waals surface area contributed by atoms with Crippen LogP contribution in [0.15, 0.2) is 24.3 Å². The Balaban J connectivity index is 2.00. The molecule has 1 amide bonds. The van der Waals surface area contributed by atoms with Crippen molar-refractivity contribution in [3.8, 4) is 0 Å². The molecule has 0 saturated carbocycles. The van der Waals surface area contributed by atoms with Crippen LogP contribution in [0.4, 0.5) is 9.18 Å². The molecule has 1 fully saturated rings. The van der Waals surface area contributed by atoms with E-state index in [1.54, 1.807) is 6.07 Å². The first-order chi connectivity index (χ1) is 6.74. The van der Waals surface area contributed by atoms with Crippen LogP contribution in [0.25, 0.3) is 0 Å². The van der Waals surface area contributed by atoms with Gasteiger partial charge in [-0.2, -0.15) is 0 Å². The van der Waals surface area contributed by atoms with Gasteiger partial charge in [0.05, 0.1) is 6.54 Å². The van der Waals surface area contributed by atoms with Gasteiger partial charge in [0.2, 0.25) is 0 Å². The van der Waals surface area contributed by atoms with Gasteiger partial charge >= 0.3 is 6.09 Å². The zero-order valence-electron chi connectivity index (χ0n) is 7.50. The second kappa shape index (κ2) is 3.65. The van der Waals surface area contributed by atoms with Crippen LogP contribution in [0, 0.1) is 5.82 Å². The first-order valence-corrected chi connectivity index (χ1v) is 4.43. The molecule has 1 aromatic carbocycles. The molecule has 1 aliphatic rings. The number of rotatable bonds is 2. The van der Waals surface area contributed by atoms with Gasteiger partial charge in [-0.05, 0) is 17.7 Å². The van der Waals surface area contributed by atoms with Crippen molar-refractivity contribution in [2.45, 2.75) is 12.5 Å². The molecule has 4 heteroatoms. The van der Waals surface area contributed by atoms with E-state index in [9.17, 15) is 9.18 Å². The zero-order valence-corrected chi connectivity index (χ0v) is 7.50. The standard InChI is InChI=1S/C10H10FNO2/c11-8-3-1-2-7(4-8)5-9-6-12-10(13)14-9/h1-4,9H,5-6H2,(H,12,13). The maximum atomic E-state index is 12.8. The van der Waals surface area contributed by atoms with Crippen molar-refractivity contribution < 1.29 is 13.9 Å². The highest BCUT2D eigenvalue weighted by molar-refractivity contribution is 5.69. The van der Waals surface area contributed by atoms with Crippen molar-refractivity contribution in [3.63, 3.8) is 0 Å². The fourth-order valence-electron chi connectivity index (χ4n) is 1.47. The average Bonchev–Trinajstić information content (AvgIpc) is 2.51. The predicted octanol–water partition coefficient (Wildman–Crippen LogP) is 1.48. The molecular weight excluding hydrogens is 185 g/mol. The number of halogens is 1. The second-order valence-corrected chi connectivity index (χ2v) is 3.24. The van der Waals surface area contributed by atoms with E-state index in [1.165, 1.54) is 12.1 Å². The highest BCUT2D eigenvalue weighted by Crippen LogP contribution is 2.10. The molecule has 0 aromatic heterocycles. The molecule has 1 saturated heterocycles. The molecule has 2 rings (SSSR count). The van der Waals surface area contributed by atoms with Gasteiger partial charge in [-0.3, -0.25) is 0 Å². The minimum Gasteiger partial charge on any atom is -0.444 e. The van der Waals surface area contributed by atoms with Crippen LogP contribution >= 0.6 is 0 Å². The van der Waals surface area contributed by atoms with E-state index in [-0.39, 0.29) is 11.9 Å². The van der Waals surface area contributed by atoms with Gasteiger partial charge in [0.1, 0.15) is 11.9 Å². The molecule has 0 spiro atoms. The normalized spacial score (nSPS) is 20.4. The third-order valence-electron chi connectivity index (χ3n) is 2.10. The van der Waals surface area contributed by atoms with E-state index in [0.29, 0.717) is 13.0 Å². The summed E-state index contributed by atoms with van der Waals surface area (Å²) in [5.74, 6) is -0.264. The summed E-state index contributed by atoms with van der Waals surface area (Å²) in [4.78, 5) is 10.7. The Kier molecular flexibility index (Phi) is 2.35. The molecule has 1 unspecified atom stereocenters. The molecule has 1 aliphatic heterocycles. The third-order valence-corrected chi connectivity index (χ3v) is 2.10. The van der Waals surface area contributed by atoms with Crippen LogP contribution in [0.2, 0.25) is 0 Å². The number of alkyl carbamates (subject to hydrolysis) is 1. The molecular formula is C10H10FNO2. The van der Waals surface area contributed by atoms with E-state index in [1.807, 2.05) is 6.07 Å². The van der Waals surface area contributed by atoms with Crippen molar-refractivity contribution in [2.75, 3.05) is 6.54 Å². The molecule has 74 valence electrons. The largest absolute Gasteiger partial charge is 0.444 e. The van der Waals surface area contributed by atoms with Gasteiger partial charge in [0.15, 0.2) is 0 Å². The van der Waals surface area contributed by atoms with Gasteiger partial charge < -0.3 is 10.1 Å². The van der Waals surface area contributed by atoms with Crippen LogP contribution in [0.3, 0.4) is 0 Å². The SMILES string of the molecule is O=C1NCC(Cc2cccc(F)c2)O1. The highest BCUT2D eigenvalue weighted by Gasteiger charge is 2.22. The lowest BCUT2D eigenvalue weighted by molar-refractivity contribution is 0.140. The van der Waals surface area contributed by atoms with Crippen molar-refractivity contribution in [1.82, 2.24) is 5.32 Å². The van der Waals surface area contributed by atoms with E-state index in [2.05, 4.69) is 5.32 Å². The maximum absolute atomic E-state index is 12.8. The monoisotopic (exact) mass is 195 g/mol. The number of nitrogens with one attached hydrogen (secondary N) is 1. The number of carbonyl (C=O) groups excluding carboxylic acids is 1. The summed E-state index contributed by atoms with van der Waals surface area (Å²) >= 11 is 0. The quantitative estimate of drug-likeness (QED) is 0.776. The summed E-state index contributed by atoms with van der Waals surface area (Å²) in [5, 5.41) is 2.55. The fraction of sp³-hybridized carbons (Fsp3) is 0.300. The summed E-state index contributed by atoms with van der Waals surface area (Å²) < 4.78 is 17.7. The van der Waals surface area contributed by atoms with E-state index >= 15 is 0 Å². The Morgan fingerprint density at radius 2 is 2.43 bits per heavy atom. The van der Waals surface area contributed by atoms with E-state index in [0.717, 1.165) is 5.56 Å². The number of hydrogen-bond acceptors (Lipinski definition) is 2. The molecule has 14 heavy (non-hydrogen) atoms. The molecule has 1 heterocycles. The summed E-state index contributed by atoms with van der Waals surface area (Å²) in [6.07, 6.45) is -0.0213.